The standard InChI is InChI=1S/C14H28N2O/c1-10-6-11(10)9-16(5)13(17)12(8-15)7-14(2,3)4/h10-12H,6-9,15H2,1-5H3. The number of hydrogen-bond acceptors (Lipinski definition) is 2. The molecule has 1 aliphatic carbocycles. The summed E-state index contributed by atoms with van der Waals surface area (Å²) in [5.74, 6) is 1.72. The molecule has 0 aromatic heterocycles. The van der Waals surface area contributed by atoms with Crippen molar-refractivity contribution in [3.63, 3.8) is 0 Å². The van der Waals surface area contributed by atoms with Gasteiger partial charge in [0.15, 0.2) is 0 Å². The first kappa shape index (κ1) is 14.5. The third-order valence-corrected chi connectivity index (χ3v) is 3.65. The molecule has 17 heavy (non-hydrogen) atoms. The topological polar surface area (TPSA) is 46.3 Å². The van der Waals surface area contributed by atoms with Crippen molar-refractivity contribution in [1.82, 2.24) is 4.90 Å². The van der Waals surface area contributed by atoms with Crippen LogP contribution in [0.4, 0.5) is 0 Å². The molecule has 0 aromatic rings. The summed E-state index contributed by atoms with van der Waals surface area (Å²) in [4.78, 5) is 14.2. The summed E-state index contributed by atoms with van der Waals surface area (Å²) in [5.41, 5.74) is 5.91. The Morgan fingerprint density at radius 1 is 1.47 bits per heavy atom. The molecule has 3 nitrogen and oxygen atoms in total. The Bertz CT molecular complexity index is 270. The number of hydrogen-bond donors (Lipinski definition) is 1. The summed E-state index contributed by atoms with van der Waals surface area (Å²) in [6, 6.07) is 0. The summed E-state index contributed by atoms with van der Waals surface area (Å²) in [7, 11) is 1.92. The molecule has 1 amide bonds. The van der Waals surface area contributed by atoms with Gasteiger partial charge in [-0.05, 0) is 30.1 Å². The highest BCUT2D eigenvalue weighted by molar-refractivity contribution is 5.78. The summed E-state index contributed by atoms with van der Waals surface area (Å²) < 4.78 is 0. The van der Waals surface area contributed by atoms with Crippen molar-refractivity contribution in [2.24, 2.45) is 28.9 Å². The Hall–Kier alpha value is -0.570. The maximum absolute atomic E-state index is 12.3. The van der Waals surface area contributed by atoms with Crippen LogP contribution in [-0.2, 0) is 4.79 Å². The van der Waals surface area contributed by atoms with E-state index in [2.05, 4.69) is 27.7 Å². The van der Waals surface area contributed by atoms with E-state index in [9.17, 15) is 4.79 Å². The van der Waals surface area contributed by atoms with Crippen LogP contribution in [0.5, 0.6) is 0 Å². The maximum Gasteiger partial charge on any atom is 0.226 e. The quantitative estimate of drug-likeness (QED) is 0.800. The molecule has 100 valence electrons. The van der Waals surface area contributed by atoms with Gasteiger partial charge in [0, 0.05) is 20.1 Å². The van der Waals surface area contributed by atoms with Gasteiger partial charge in [-0.25, -0.2) is 0 Å². The molecular weight excluding hydrogens is 212 g/mol. The smallest absolute Gasteiger partial charge is 0.226 e. The molecule has 1 rings (SSSR count). The van der Waals surface area contributed by atoms with Gasteiger partial charge < -0.3 is 10.6 Å². The zero-order valence-corrected chi connectivity index (χ0v) is 12.0. The summed E-state index contributed by atoms with van der Waals surface area (Å²) >= 11 is 0. The fourth-order valence-corrected chi connectivity index (χ4v) is 2.42. The van der Waals surface area contributed by atoms with E-state index >= 15 is 0 Å². The molecule has 1 saturated carbocycles. The Kier molecular flexibility index (Phi) is 4.59. The number of amides is 1. The van der Waals surface area contributed by atoms with Crippen molar-refractivity contribution in [1.29, 1.82) is 0 Å². The van der Waals surface area contributed by atoms with E-state index in [1.807, 2.05) is 11.9 Å². The fourth-order valence-electron chi connectivity index (χ4n) is 2.42. The second-order valence-corrected chi connectivity index (χ2v) is 6.89. The van der Waals surface area contributed by atoms with Gasteiger partial charge in [-0.15, -0.1) is 0 Å². The molecule has 0 radical (unpaired) electrons. The van der Waals surface area contributed by atoms with E-state index in [1.165, 1.54) is 6.42 Å². The number of carbonyl (C=O) groups excluding carboxylic acids is 1. The van der Waals surface area contributed by atoms with E-state index in [4.69, 9.17) is 5.73 Å². The molecule has 0 aromatic carbocycles. The van der Waals surface area contributed by atoms with Crippen molar-refractivity contribution in [3.05, 3.63) is 0 Å². The molecule has 3 atom stereocenters. The first-order valence-electron chi connectivity index (χ1n) is 6.69. The molecule has 1 aliphatic rings. The predicted octanol–water partition coefficient (Wildman–Crippen LogP) is 2.11. The Balaban J connectivity index is 2.47. The Morgan fingerprint density at radius 2 is 2.00 bits per heavy atom. The summed E-state index contributed by atoms with van der Waals surface area (Å²) in [6.07, 6.45) is 2.14. The third-order valence-electron chi connectivity index (χ3n) is 3.65. The lowest BCUT2D eigenvalue weighted by Crippen LogP contribution is -2.39. The Labute approximate surface area is 106 Å². The number of rotatable bonds is 5. The van der Waals surface area contributed by atoms with E-state index in [-0.39, 0.29) is 17.2 Å². The zero-order valence-electron chi connectivity index (χ0n) is 12.0. The average molecular weight is 240 g/mol. The maximum atomic E-state index is 12.3. The van der Waals surface area contributed by atoms with Gasteiger partial charge in [0.2, 0.25) is 5.91 Å². The minimum atomic E-state index is -0.0194. The van der Waals surface area contributed by atoms with E-state index in [1.54, 1.807) is 0 Å². The normalized spacial score (nSPS) is 25.5. The van der Waals surface area contributed by atoms with Crippen LogP contribution in [0.25, 0.3) is 0 Å². The molecular formula is C14H28N2O. The first-order chi connectivity index (χ1) is 7.74. The van der Waals surface area contributed by atoms with Gasteiger partial charge in [0.05, 0.1) is 5.92 Å². The number of nitrogens with zero attached hydrogens (tertiary/aromatic N) is 1. The van der Waals surface area contributed by atoms with Crippen LogP contribution in [0.2, 0.25) is 0 Å². The van der Waals surface area contributed by atoms with Crippen LogP contribution < -0.4 is 5.73 Å². The van der Waals surface area contributed by atoms with Crippen LogP contribution in [0.15, 0.2) is 0 Å². The van der Waals surface area contributed by atoms with Crippen LogP contribution in [0.3, 0.4) is 0 Å². The minimum Gasteiger partial charge on any atom is -0.345 e. The van der Waals surface area contributed by atoms with Gasteiger partial charge in [0.25, 0.3) is 0 Å². The molecule has 3 unspecified atom stereocenters. The molecule has 2 N–H and O–H groups in total. The van der Waals surface area contributed by atoms with E-state index < -0.39 is 0 Å². The lowest BCUT2D eigenvalue weighted by Gasteiger charge is -2.28. The highest BCUT2D eigenvalue weighted by atomic mass is 16.2. The van der Waals surface area contributed by atoms with Crippen LogP contribution in [0, 0.1) is 23.2 Å². The number of carbonyl (C=O) groups is 1. The molecule has 0 saturated heterocycles. The highest BCUT2D eigenvalue weighted by Gasteiger charge is 2.35. The third kappa shape index (κ3) is 4.66. The molecule has 0 bridgehead atoms. The molecule has 0 aliphatic heterocycles. The summed E-state index contributed by atoms with van der Waals surface area (Å²) in [6.45, 7) is 10.1. The second-order valence-electron chi connectivity index (χ2n) is 6.89. The first-order valence-corrected chi connectivity index (χ1v) is 6.69. The van der Waals surface area contributed by atoms with Crippen molar-refractivity contribution in [2.45, 2.75) is 40.5 Å². The fraction of sp³-hybridized carbons (Fsp3) is 0.929. The highest BCUT2D eigenvalue weighted by Crippen LogP contribution is 2.38. The SMILES string of the molecule is CC1CC1CN(C)C(=O)C(CN)CC(C)(C)C. The van der Waals surface area contributed by atoms with E-state index in [0.717, 1.165) is 24.8 Å². The van der Waals surface area contributed by atoms with Crippen molar-refractivity contribution < 1.29 is 4.79 Å². The number of nitrogens with two attached hydrogens (primary N) is 1. The largest absolute Gasteiger partial charge is 0.345 e. The molecule has 3 heteroatoms. The van der Waals surface area contributed by atoms with Gasteiger partial charge in [-0.3, -0.25) is 4.79 Å². The van der Waals surface area contributed by atoms with Gasteiger partial charge >= 0.3 is 0 Å². The van der Waals surface area contributed by atoms with Crippen LogP contribution >= 0.6 is 0 Å². The van der Waals surface area contributed by atoms with Gasteiger partial charge in [-0.1, -0.05) is 27.7 Å². The van der Waals surface area contributed by atoms with Crippen molar-refractivity contribution in [3.8, 4) is 0 Å². The summed E-state index contributed by atoms with van der Waals surface area (Å²) in [5, 5.41) is 0. The lowest BCUT2D eigenvalue weighted by atomic mass is 9.84. The second kappa shape index (κ2) is 5.38. The van der Waals surface area contributed by atoms with Gasteiger partial charge in [-0.2, -0.15) is 0 Å². The van der Waals surface area contributed by atoms with Crippen molar-refractivity contribution >= 4 is 5.91 Å². The lowest BCUT2D eigenvalue weighted by molar-refractivity contribution is -0.135. The predicted molar refractivity (Wildman–Crippen MR) is 71.5 cm³/mol. The monoisotopic (exact) mass is 240 g/mol. The van der Waals surface area contributed by atoms with Crippen LogP contribution in [-0.4, -0.2) is 30.9 Å². The van der Waals surface area contributed by atoms with Crippen molar-refractivity contribution in [2.75, 3.05) is 20.1 Å². The zero-order chi connectivity index (χ0) is 13.2. The van der Waals surface area contributed by atoms with Crippen LogP contribution in [0.1, 0.15) is 40.5 Å². The Morgan fingerprint density at radius 3 is 2.35 bits per heavy atom. The molecule has 1 fully saturated rings. The van der Waals surface area contributed by atoms with Gasteiger partial charge in [0.1, 0.15) is 0 Å². The minimum absolute atomic E-state index is 0.0194. The molecule has 0 spiro atoms. The molecule has 0 heterocycles. The average Bonchev–Trinajstić information content (AvgIpc) is 2.88. The van der Waals surface area contributed by atoms with E-state index in [0.29, 0.717) is 6.54 Å².